The largest absolute Gasteiger partial charge is 0.353 e. The van der Waals surface area contributed by atoms with Gasteiger partial charge in [0.25, 0.3) is 0 Å². The molecule has 0 saturated heterocycles. The van der Waals surface area contributed by atoms with Gasteiger partial charge in [-0.1, -0.05) is 6.42 Å². The van der Waals surface area contributed by atoms with Crippen molar-refractivity contribution in [2.75, 3.05) is 0 Å². The molecule has 4 unspecified atom stereocenters. The number of aromatic nitrogens is 4. The number of tetrazole rings is 1. The molecular formula is C15H25N5O. The van der Waals surface area contributed by atoms with Crippen molar-refractivity contribution < 1.29 is 4.79 Å². The molecule has 1 N–H and O–H groups in total. The molecule has 0 radical (unpaired) electrons. The number of nitrogens with zero attached hydrogens (tertiary/aromatic N) is 4. The molecule has 2 bridgehead atoms. The van der Waals surface area contributed by atoms with Crippen molar-refractivity contribution in [1.82, 2.24) is 25.5 Å². The molecule has 0 aliphatic heterocycles. The minimum atomic E-state index is 0.00794. The van der Waals surface area contributed by atoms with Gasteiger partial charge in [0.15, 0.2) is 5.82 Å². The maximum Gasteiger partial charge on any atom is 0.228 e. The zero-order valence-electron chi connectivity index (χ0n) is 13.1. The van der Waals surface area contributed by atoms with Crippen molar-refractivity contribution in [3.05, 3.63) is 5.82 Å². The molecule has 21 heavy (non-hydrogen) atoms. The first-order valence-corrected chi connectivity index (χ1v) is 8.10. The number of hydrogen-bond donors (Lipinski definition) is 1. The monoisotopic (exact) mass is 291 g/mol. The Morgan fingerprint density at radius 1 is 1.33 bits per heavy atom. The summed E-state index contributed by atoms with van der Waals surface area (Å²) in [5.41, 5.74) is 0. The average Bonchev–Trinajstić information content (AvgIpc) is 3.13. The molecule has 6 heteroatoms. The van der Waals surface area contributed by atoms with Crippen LogP contribution in [-0.2, 0) is 11.2 Å². The Balaban J connectivity index is 1.51. The summed E-state index contributed by atoms with van der Waals surface area (Å²) in [6, 6.07) is 0.426. The summed E-state index contributed by atoms with van der Waals surface area (Å²) in [6.45, 7) is 6.12. The van der Waals surface area contributed by atoms with Gasteiger partial charge in [0.05, 0.1) is 12.5 Å². The normalized spacial score (nSPS) is 29.0. The molecule has 3 rings (SSSR count). The quantitative estimate of drug-likeness (QED) is 0.897. The van der Waals surface area contributed by atoms with E-state index in [1.54, 1.807) is 4.80 Å². The molecule has 2 saturated carbocycles. The topological polar surface area (TPSA) is 72.7 Å². The molecule has 2 aliphatic rings. The molecule has 0 spiro atoms. The van der Waals surface area contributed by atoms with Gasteiger partial charge in [-0.15, -0.1) is 10.2 Å². The van der Waals surface area contributed by atoms with Crippen molar-refractivity contribution in [1.29, 1.82) is 0 Å². The molecule has 2 fully saturated rings. The Hall–Kier alpha value is -1.46. The lowest BCUT2D eigenvalue weighted by molar-refractivity contribution is -0.121. The van der Waals surface area contributed by atoms with E-state index in [0.29, 0.717) is 11.7 Å². The average molecular weight is 291 g/mol. The molecule has 0 aromatic carbocycles. The number of fused-ring (bicyclic) bond motifs is 2. The highest BCUT2D eigenvalue weighted by Crippen LogP contribution is 2.49. The van der Waals surface area contributed by atoms with Crippen LogP contribution in [0.5, 0.6) is 0 Å². The molecule has 1 amide bonds. The van der Waals surface area contributed by atoms with E-state index in [9.17, 15) is 4.79 Å². The zero-order valence-corrected chi connectivity index (χ0v) is 13.1. The standard InChI is InChI=1S/C15H25N5O/c1-9(2)20-18-14(17-19-20)8-15(21)16-10(3)13-7-11-4-5-12(13)6-11/h9-13H,4-8H2,1-3H3,(H,16,21). The second-order valence-corrected chi connectivity index (χ2v) is 6.99. The maximum atomic E-state index is 12.1. The van der Waals surface area contributed by atoms with E-state index in [-0.39, 0.29) is 24.4 Å². The predicted octanol–water partition coefficient (Wildman–Crippen LogP) is 1.74. The highest BCUT2D eigenvalue weighted by molar-refractivity contribution is 5.77. The Bertz CT molecular complexity index is 512. The lowest BCUT2D eigenvalue weighted by Crippen LogP contribution is -2.40. The third-order valence-electron chi connectivity index (χ3n) is 5.07. The molecule has 1 aromatic heterocycles. The summed E-state index contributed by atoms with van der Waals surface area (Å²) in [5, 5.41) is 15.3. The lowest BCUT2D eigenvalue weighted by Gasteiger charge is -2.28. The van der Waals surface area contributed by atoms with Crippen LogP contribution >= 0.6 is 0 Å². The lowest BCUT2D eigenvalue weighted by atomic mass is 9.84. The number of carbonyl (C=O) groups excluding carboxylic acids is 1. The smallest absolute Gasteiger partial charge is 0.228 e. The van der Waals surface area contributed by atoms with Crippen LogP contribution in [0.15, 0.2) is 0 Å². The first-order chi connectivity index (χ1) is 10.0. The van der Waals surface area contributed by atoms with Gasteiger partial charge >= 0.3 is 0 Å². The van der Waals surface area contributed by atoms with E-state index in [0.717, 1.165) is 11.8 Å². The third kappa shape index (κ3) is 3.09. The van der Waals surface area contributed by atoms with Crippen LogP contribution in [0.1, 0.15) is 58.3 Å². The van der Waals surface area contributed by atoms with Crippen LogP contribution in [0.25, 0.3) is 0 Å². The first-order valence-electron chi connectivity index (χ1n) is 8.10. The van der Waals surface area contributed by atoms with Gasteiger partial charge in [-0.05, 0) is 63.0 Å². The van der Waals surface area contributed by atoms with E-state index in [1.165, 1.54) is 25.7 Å². The van der Waals surface area contributed by atoms with Crippen molar-refractivity contribution in [2.24, 2.45) is 17.8 Å². The van der Waals surface area contributed by atoms with E-state index in [2.05, 4.69) is 27.7 Å². The summed E-state index contributed by atoms with van der Waals surface area (Å²) in [7, 11) is 0. The molecular weight excluding hydrogens is 266 g/mol. The SMILES string of the molecule is CC(NC(=O)Cc1nnn(C(C)C)n1)C1CC2CCC1C2. The van der Waals surface area contributed by atoms with Gasteiger partial charge < -0.3 is 5.32 Å². The summed E-state index contributed by atoms with van der Waals surface area (Å²) in [6.07, 6.45) is 5.62. The highest BCUT2D eigenvalue weighted by Gasteiger charge is 2.42. The zero-order chi connectivity index (χ0) is 15.0. The number of carbonyl (C=O) groups is 1. The van der Waals surface area contributed by atoms with Gasteiger partial charge in [0.2, 0.25) is 5.91 Å². The summed E-state index contributed by atoms with van der Waals surface area (Å²) < 4.78 is 0. The number of hydrogen-bond acceptors (Lipinski definition) is 4. The second kappa shape index (κ2) is 5.73. The van der Waals surface area contributed by atoms with Crippen LogP contribution in [0.4, 0.5) is 0 Å². The fraction of sp³-hybridized carbons (Fsp3) is 0.867. The molecule has 1 aromatic rings. The van der Waals surface area contributed by atoms with Crippen LogP contribution in [0, 0.1) is 17.8 Å². The summed E-state index contributed by atoms with van der Waals surface area (Å²) in [5.74, 6) is 2.90. The van der Waals surface area contributed by atoms with E-state index in [1.807, 2.05) is 13.8 Å². The second-order valence-electron chi connectivity index (χ2n) is 6.99. The Kier molecular flexibility index (Phi) is 3.95. The first kappa shape index (κ1) is 14.5. The van der Waals surface area contributed by atoms with Crippen molar-refractivity contribution in [2.45, 2.75) is 65.0 Å². The van der Waals surface area contributed by atoms with Crippen LogP contribution < -0.4 is 5.32 Å². The van der Waals surface area contributed by atoms with Gasteiger partial charge in [0, 0.05) is 6.04 Å². The van der Waals surface area contributed by atoms with E-state index in [4.69, 9.17) is 0 Å². The Labute approximate surface area is 125 Å². The highest BCUT2D eigenvalue weighted by atomic mass is 16.1. The molecule has 4 atom stereocenters. The predicted molar refractivity (Wildman–Crippen MR) is 78.4 cm³/mol. The van der Waals surface area contributed by atoms with E-state index >= 15 is 0 Å². The fourth-order valence-electron chi connectivity index (χ4n) is 4.01. The maximum absolute atomic E-state index is 12.1. The number of nitrogens with one attached hydrogen (secondary N) is 1. The fourth-order valence-corrected chi connectivity index (χ4v) is 4.01. The van der Waals surface area contributed by atoms with Crippen molar-refractivity contribution in [3.63, 3.8) is 0 Å². The molecule has 1 heterocycles. The van der Waals surface area contributed by atoms with Gasteiger partial charge in [-0.3, -0.25) is 4.79 Å². The van der Waals surface area contributed by atoms with Gasteiger partial charge in [-0.25, -0.2) is 0 Å². The summed E-state index contributed by atoms with van der Waals surface area (Å²) >= 11 is 0. The summed E-state index contributed by atoms with van der Waals surface area (Å²) in [4.78, 5) is 13.7. The van der Waals surface area contributed by atoms with E-state index < -0.39 is 0 Å². The molecule has 2 aliphatic carbocycles. The van der Waals surface area contributed by atoms with Gasteiger partial charge in [-0.2, -0.15) is 4.80 Å². The van der Waals surface area contributed by atoms with Crippen LogP contribution in [0.3, 0.4) is 0 Å². The Morgan fingerprint density at radius 3 is 2.71 bits per heavy atom. The van der Waals surface area contributed by atoms with Crippen LogP contribution in [0.2, 0.25) is 0 Å². The third-order valence-corrected chi connectivity index (χ3v) is 5.07. The van der Waals surface area contributed by atoms with Crippen molar-refractivity contribution in [3.8, 4) is 0 Å². The Morgan fingerprint density at radius 2 is 2.14 bits per heavy atom. The van der Waals surface area contributed by atoms with Gasteiger partial charge in [0.1, 0.15) is 0 Å². The number of amides is 1. The number of rotatable bonds is 5. The molecule has 116 valence electrons. The van der Waals surface area contributed by atoms with Crippen LogP contribution in [-0.4, -0.2) is 32.2 Å². The minimum Gasteiger partial charge on any atom is -0.353 e. The van der Waals surface area contributed by atoms with Crippen molar-refractivity contribution >= 4 is 5.91 Å². The minimum absolute atomic E-state index is 0.00794. The molecule has 6 nitrogen and oxygen atoms in total.